The Balaban J connectivity index is 1.90. The van der Waals surface area contributed by atoms with Crippen molar-refractivity contribution in [1.29, 1.82) is 0 Å². The normalized spacial score (nSPS) is 11.2. The van der Waals surface area contributed by atoms with Crippen LogP contribution in [0.4, 0.5) is 0 Å². The number of hydrogen-bond donors (Lipinski definition) is 0. The van der Waals surface area contributed by atoms with Crippen molar-refractivity contribution in [3.05, 3.63) is 46.8 Å². The van der Waals surface area contributed by atoms with Crippen LogP contribution in [0.3, 0.4) is 0 Å². The molecule has 0 aliphatic carbocycles. The first kappa shape index (κ1) is 13.6. The summed E-state index contributed by atoms with van der Waals surface area (Å²) in [5.74, 6) is 0.536. The van der Waals surface area contributed by atoms with E-state index in [1.165, 1.54) is 11.3 Å². The van der Waals surface area contributed by atoms with Gasteiger partial charge in [0.15, 0.2) is 10.8 Å². The molecule has 0 saturated heterocycles. The fourth-order valence-electron chi connectivity index (χ4n) is 1.97. The van der Waals surface area contributed by atoms with Crippen molar-refractivity contribution >= 4 is 39.5 Å². The number of rotatable bonds is 2. The Labute approximate surface area is 138 Å². The zero-order chi connectivity index (χ0) is 15.1. The molecular weight excluding hydrogens is 343 g/mol. The van der Waals surface area contributed by atoms with E-state index < -0.39 is 0 Å². The van der Waals surface area contributed by atoms with E-state index in [2.05, 4.69) is 25.3 Å². The molecule has 0 radical (unpaired) electrons. The number of aromatic nitrogens is 6. The van der Waals surface area contributed by atoms with E-state index in [-0.39, 0.29) is 0 Å². The van der Waals surface area contributed by atoms with Crippen molar-refractivity contribution < 1.29 is 0 Å². The predicted molar refractivity (Wildman–Crippen MR) is 85.1 cm³/mol. The summed E-state index contributed by atoms with van der Waals surface area (Å²) in [7, 11) is 0. The minimum Gasteiger partial charge on any atom is -0.261 e. The Hall–Kier alpha value is -2.09. The lowest BCUT2D eigenvalue weighted by atomic mass is 10.2. The van der Waals surface area contributed by atoms with Gasteiger partial charge in [-0.15, -0.1) is 10.2 Å². The standard InChI is InChI=1S/C13H6Cl2N6S/c14-8-3-1-2-7(10(8)15)11-18-19-13-21(11)20-12(22-13)9-6-16-4-5-17-9/h1-6H. The van der Waals surface area contributed by atoms with Crippen LogP contribution in [0.25, 0.3) is 27.1 Å². The Kier molecular flexibility index (Phi) is 3.25. The molecule has 3 aromatic heterocycles. The average Bonchev–Trinajstić information content (AvgIpc) is 3.12. The molecule has 6 nitrogen and oxygen atoms in total. The zero-order valence-corrected chi connectivity index (χ0v) is 13.1. The fourth-order valence-corrected chi connectivity index (χ4v) is 3.16. The first-order chi connectivity index (χ1) is 10.7. The van der Waals surface area contributed by atoms with Crippen LogP contribution < -0.4 is 0 Å². The second-order valence-electron chi connectivity index (χ2n) is 4.32. The molecule has 3 heterocycles. The minimum atomic E-state index is 0.424. The Morgan fingerprint density at radius 1 is 1.09 bits per heavy atom. The van der Waals surface area contributed by atoms with Crippen molar-refractivity contribution in [1.82, 2.24) is 29.8 Å². The minimum absolute atomic E-state index is 0.424. The van der Waals surface area contributed by atoms with E-state index in [1.54, 1.807) is 35.2 Å². The van der Waals surface area contributed by atoms with Crippen molar-refractivity contribution in [2.45, 2.75) is 0 Å². The molecule has 108 valence electrons. The summed E-state index contributed by atoms with van der Waals surface area (Å²) in [5, 5.41) is 14.4. The van der Waals surface area contributed by atoms with Crippen molar-refractivity contribution in [2.24, 2.45) is 0 Å². The Morgan fingerprint density at radius 3 is 2.82 bits per heavy atom. The third kappa shape index (κ3) is 2.14. The summed E-state index contributed by atoms with van der Waals surface area (Å²) >= 11 is 13.7. The maximum absolute atomic E-state index is 6.25. The maximum Gasteiger partial charge on any atom is 0.235 e. The summed E-state index contributed by atoms with van der Waals surface area (Å²) in [6.45, 7) is 0. The second kappa shape index (κ2) is 5.28. The summed E-state index contributed by atoms with van der Waals surface area (Å²) in [5.41, 5.74) is 1.36. The van der Waals surface area contributed by atoms with Crippen LogP contribution >= 0.6 is 34.5 Å². The zero-order valence-electron chi connectivity index (χ0n) is 10.8. The van der Waals surface area contributed by atoms with Gasteiger partial charge in [0.05, 0.1) is 16.2 Å². The maximum atomic E-state index is 6.25. The third-order valence-electron chi connectivity index (χ3n) is 2.97. The summed E-state index contributed by atoms with van der Waals surface area (Å²) in [6.07, 6.45) is 4.88. The number of nitrogens with zero attached hydrogens (tertiary/aromatic N) is 6. The summed E-state index contributed by atoms with van der Waals surface area (Å²) in [4.78, 5) is 8.92. The van der Waals surface area contributed by atoms with Gasteiger partial charge in [-0.05, 0) is 12.1 Å². The Bertz CT molecular complexity index is 965. The molecule has 0 aliphatic heterocycles. The molecule has 0 amide bonds. The number of benzene rings is 1. The smallest absolute Gasteiger partial charge is 0.235 e. The molecule has 0 saturated carbocycles. The molecule has 4 rings (SSSR count). The molecule has 0 atom stereocenters. The summed E-state index contributed by atoms with van der Waals surface area (Å²) in [6, 6.07) is 5.35. The molecule has 22 heavy (non-hydrogen) atoms. The second-order valence-corrected chi connectivity index (χ2v) is 6.06. The molecule has 1 aromatic carbocycles. The van der Waals surface area contributed by atoms with Crippen molar-refractivity contribution in [2.75, 3.05) is 0 Å². The van der Waals surface area contributed by atoms with E-state index in [9.17, 15) is 0 Å². The van der Waals surface area contributed by atoms with Crippen LogP contribution in [-0.4, -0.2) is 29.8 Å². The first-order valence-corrected chi connectivity index (χ1v) is 7.74. The third-order valence-corrected chi connectivity index (χ3v) is 4.71. The number of halogens is 2. The molecule has 0 aliphatic rings. The van der Waals surface area contributed by atoms with Gasteiger partial charge in [-0.3, -0.25) is 9.97 Å². The molecule has 0 bridgehead atoms. The number of hydrogen-bond acceptors (Lipinski definition) is 6. The van der Waals surface area contributed by atoms with E-state index in [1.807, 2.05) is 6.07 Å². The molecule has 9 heteroatoms. The van der Waals surface area contributed by atoms with Crippen LogP contribution in [0.1, 0.15) is 0 Å². The monoisotopic (exact) mass is 348 g/mol. The highest BCUT2D eigenvalue weighted by molar-refractivity contribution is 7.19. The van der Waals surface area contributed by atoms with E-state index in [4.69, 9.17) is 23.2 Å². The van der Waals surface area contributed by atoms with Gasteiger partial charge in [0.25, 0.3) is 0 Å². The van der Waals surface area contributed by atoms with Crippen LogP contribution in [0.5, 0.6) is 0 Å². The predicted octanol–water partition coefficient (Wildman–Crippen LogP) is 3.62. The largest absolute Gasteiger partial charge is 0.261 e. The average molecular weight is 349 g/mol. The van der Waals surface area contributed by atoms with E-state index in [0.29, 0.717) is 37.1 Å². The highest BCUT2D eigenvalue weighted by atomic mass is 35.5. The highest BCUT2D eigenvalue weighted by Gasteiger charge is 2.17. The van der Waals surface area contributed by atoms with Gasteiger partial charge in [0.1, 0.15) is 5.69 Å². The van der Waals surface area contributed by atoms with Gasteiger partial charge in [0.2, 0.25) is 4.96 Å². The van der Waals surface area contributed by atoms with Crippen LogP contribution in [0.2, 0.25) is 10.0 Å². The molecular formula is C13H6Cl2N6S. The molecule has 0 unspecified atom stereocenters. The molecule has 4 aromatic rings. The van der Waals surface area contributed by atoms with Gasteiger partial charge >= 0.3 is 0 Å². The lowest BCUT2D eigenvalue weighted by molar-refractivity contribution is 0.965. The molecule has 0 fully saturated rings. The van der Waals surface area contributed by atoms with Crippen LogP contribution in [0, 0.1) is 0 Å². The van der Waals surface area contributed by atoms with Gasteiger partial charge in [-0.1, -0.05) is 40.6 Å². The Morgan fingerprint density at radius 2 is 2.00 bits per heavy atom. The van der Waals surface area contributed by atoms with Gasteiger partial charge in [-0.25, -0.2) is 0 Å². The van der Waals surface area contributed by atoms with Crippen LogP contribution in [0.15, 0.2) is 36.8 Å². The van der Waals surface area contributed by atoms with Crippen LogP contribution in [-0.2, 0) is 0 Å². The highest BCUT2D eigenvalue weighted by Crippen LogP contribution is 2.33. The van der Waals surface area contributed by atoms with E-state index >= 15 is 0 Å². The van der Waals surface area contributed by atoms with Crippen molar-refractivity contribution in [3.8, 4) is 22.1 Å². The van der Waals surface area contributed by atoms with Gasteiger partial charge in [0, 0.05) is 18.0 Å². The molecule has 0 spiro atoms. The SMILES string of the molecule is Clc1cccc(-c2nnc3sc(-c4cnccn4)nn23)c1Cl. The topological polar surface area (TPSA) is 68.9 Å². The quantitative estimate of drug-likeness (QED) is 0.553. The fraction of sp³-hybridized carbons (Fsp3) is 0. The first-order valence-electron chi connectivity index (χ1n) is 6.17. The lowest BCUT2D eigenvalue weighted by Crippen LogP contribution is -1.92. The summed E-state index contributed by atoms with van der Waals surface area (Å²) < 4.78 is 1.63. The van der Waals surface area contributed by atoms with Crippen molar-refractivity contribution in [3.63, 3.8) is 0 Å². The van der Waals surface area contributed by atoms with Gasteiger partial charge < -0.3 is 0 Å². The van der Waals surface area contributed by atoms with Gasteiger partial charge in [-0.2, -0.15) is 9.61 Å². The lowest BCUT2D eigenvalue weighted by Gasteiger charge is -2.02. The number of fused-ring (bicyclic) bond motifs is 1. The van der Waals surface area contributed by atoms with E-state index in [0.717, 1.165) is 0 Å². The molecule has 0 N–H and O–H groups in total.